The third kappa shape index (κ3) is 2.85. The number of nitrogens with two attached hydrogens (primary N) is 1. The first-order valence-corrected chi connectivity index (χ1v) is 5.63. The van der Waals surface area contributed by atoms with Crippen LogP contribution in [0.4, 0.5) is 0 Å². The smallest absolute Gasteiger partial charge is 0.257 e. The standard InChI is InChI=1S/C12H20N2O2/c1-9(2)14(7-4-6-13)12(15)11-5-8-16-10(11)3/h5,8-9H,4,6-7,13H2,1-3H3. The van der Waals surface area contributed by atoms with Crippen LogP contribution in [0, 0.1) is 6.92 Å². The zero-order valence-electron chi connectivity index (χ0n) is 10.2. The molecule has 4 heteroatoms. The van der Waals surface area contributed by atoms with Crippen LogP contribution < -0.4 is 5.73 Å². The molecule has 0 unspecified atom stereocenters. The van der Waals surface area contributed by atoms with Crippen LogP contribution in [0.2, 0.25) is 0 Å². The van der Waals surface area contributed by atoms with E-state index in [2.05, 4.69) is 0 Å². The van der Waals surface area contributed by atoms with Crippen molar-refractivity contribution in [2.24, 2.45) is 5.73 Å². The van der Waals surface area contributed by atoms with Gasteiger partial charge in [0.15, 0.2) is 0 Å². The second-order valence-corrected chi connectivity index (χ2v) is 4.12. The van der Waals surface area contributed by atoms with Gasteiger partial charge in [-0.15, -0.1) is 0 Å². The lowest BCUT2D eigenvalue weighted by atomic mass is 10.2. The van der Waals surface area contributed by atoms with Crippen molar-refractivity contribution in [1.29, 1.82) is 0 Å². The van der Waals surface area contributed by atoms with E-state index in [-0.39, 0.29) is 11.9 Å². The number of amides is 1. The molecule has 0 saturated carbocycles. The monoisotopic (exact) mass is 224 g/mol. The van der Waals surface area contributed by atoms with Crippen LogP contribution in [0.1, 0.15) is 36.4 Å². The summed E-state index contributed by atoms with van der Waals surface area (Å²) in [5, 5.41) is 0. The number of hydrogen-bond donors (Lipinski definition) is 1. The van der Waals surface area contributed by atoms with E-state index in [0.29, 0.717) is 24.4 Å². The first kappa shape index (κ1) is 12.8. The van der Waals surface area contributed by atoms with Gasteiger partial charge < -0.3 is 15.1 Å². The number of carbonyl (C=O) groups is 1. The van der Waals surface area contributed by atoms with Gasteiger partial charge >= 0.3 is 0 Å². The van der Waals surface area contributed by atoms with Crippen LogP contribution in [0.5, 0.6) is 0 Å². The zero-order valence-corrected chi connectivity index (χ0v) is 10.2. The van der Waals surface area contributed by atoms with E-state index in [1.54, 1.807) is 19.3 Å². The molecule has 1 amide bonds. The fourth-order valence-electron chi connectivity index (χ4n) is 1.62. The zero-order chi connectivity index (χ0) is 12.1. The molecule has 0 aliphatic carbocycles. The van der Waals surface area contributed by atoms with Crippen LogP contribution in [0.25, 0.3) is 0 Å². The molecule has 1 rings (SSSR count). The number of rotatable bonds is 5. The van der Waals surface area contributed by atoms with Crippen molar-refractivity contribution >= 4 is 5.91 Å². The summed E-state index contributed by atoms with van der Waals surface area (Å²) in [5.74, 6) is 0.693. The largest absolute Gasteiger partial charge is 0.469 e. The fraction of sp³-hybridized carbons (Fsp3) is 0.583. The van der Waals surface area contributed by atoms with E-state index in [9.17, 15) is 4.79 Å². The van der Waals surface area contributed by atoms with Gasteiger partial charge in [-0.3, -0.25) is 4.79 Å². The van der Waals surface area contributed by atoms with Crippen LogP contribution in [-0.2, 0) is 0 Å². The molecule has 1 aromatic rings. The highest BCUT2D eigenvalue weighted by Gasteiger charge is 2.20. The summed E-state index contributed by atoms with van der Waals surface area (Å²) in [4.78, 5) is 14.0. The van der Waals surface area contributed by atoms with Gasteiger partial charge in [0.05, 0.1) is 11.8 Å². The summed E-state index contributed by atoms with van der Waals surface area (Å²) >= 11 is 0. The molecule has 2 N–H and O–H groups in total. The Morgan fingerprint density at radius 3 is 2.69 bits per heavy atom. The summed E-state index contributed by atoms with van der Waals surface area (Å²) in [6.07, 6.45) is 2.37. The number of furan rings is 1. The molecule has 4 nitrogen and oxygen atoms in total. The second kappa shape index (κ2) is 5.70. The highest BCUT2D eigenvalue weighted by Crippen LogP contribution is 2.14. The van der Waals surface area contributed by atoms with Gasteiger partial charge in [-0.05, 0) is 39.8 Å². The van der Waals surface area contributed by atoms with Gasteiger partial charge in [0.2, 0.25) is 0 Å². The van der Waals surface area contributed by atoms with E-state index in [1.165, 1.54) is 0 Å². The van der Waals surface area contributed by atoms with Gasteiger partial charge in [-0.25, -0.2) is 0 Å². The van der Waals surface area contributed by atoms with E-state index in [4.69, 9.17) is 10.2 Å². The molecule has 0 aliphatic rings. The molecule has 0 bridgehead atoms. The molecule has 0 aromatic carbocycles. The second-order valence-electron chi connectivity index (χ2n) is 4.12. The number of aryl methyl sites for hydroxylation is 1. The van der Waals surface area contributed by atoms with E-state index >= 15 is 0 Å². The Morgan fingerprint density at radius 2 is 2.25 bits per heavy atom. The van der Waals surface area contributed by atoms with Crippen molar-refractivity contribution in [2.75, 3.05) is 13.1 Å². The lowest BCUT2D eigenvalue weighted by Gasteiger charge is -2.26. The minimum Gasteiger partial charge on any atom is -0.469 e. The van der Waals surface area contributed by atoms with E-state index in [0.717, 1.165) is 6.42 Å². The first-order valence-electron chi connectivity index (χ1n) is 5.63. The average Bonchev–Trinajstić information content (AvgIpc) is 2.64. The van der Waals surface area contributed by atoms with Crippen molar-refractivity contribution in [3.63, 3.8) is 0 Å². The maximum absolute atomic E-state index is 12.2. The molecule has 0 fully saturated rings. The van der Waals surface area contributed by atoms with Crippen molar-refractivity contribution in [3.8, 4) is 0 Å². The third-order valence-electron chi connectivity index (χ3n) is 2.58. The predicted octanol–water partition coefficient (Wildman–Crippen LogP) is 1.79. The molecule has 1 heterocycles. The SMILES string of the molecule is Cc1occc1C(=O)N(CCCN)C(C)C. The highest BCUT2D eigenvalue weighted by molar-refractivity contribution is 5.95. The summed E-state index contributed by atoms with van der Waals surface area (Å²) < 4.78 is 5.15. The molecule has 16 heavy (non-hydrogen) atoms. The van der Waals surface area contributed by atoms with Crippen molar-refractivity contribution in [1.82, 2.24) is 4.90 Å². The van der Waals surface area contributed by atoms with Crippen LogP contribution >= 0.6 is 0 Å². The Morgan fingerprint density at radius 1 is 1.56 bits per heavy atom. The quantitative estimate of drug-likeness (QED) is 0.829. The average molecular weight is 224 g/mol. The Balaban J connectivity index is 2.79. The molecule has 0 saturated heterocycles. The van der Waals surface area contributed by atoms with Crippen molar-refractivity contribution < 1.29 is 9.21 Å². The van der Waals surface area contributed by atoms with Crippen molar-refractivity contribution in [2.45, 2.75) is 33.2 Å². The van der Waals surface area contributed by atoms with Gasteiger partial charge in [0, 0.05) is 12.6 Å². The summed E-state index contributed by atoms with van der Waals surface area (Å²) in [7, 11) is 0. The summed E-state index contributed by atoms with van der Waals surface area (Å²) in [5.41, 5.74) is 6.11. The maximum Gasteiger partial charge on any atom is 0.257 e. The molecule has 0 atom stereocenters. The number of carbonyl (C=O) groups excluding carboxylic acids is 1. The van der Waals surface area contributed by atoms with E-state index in [1.807, 2.05) is 18.7 Å². The van der Waals surface area contributed by atoms with Gasteiger partial charge in [-0.1, -0.05) is 0 Å². The molecule has 1 aromatic heterocycles. The number of hydrogen-bond acceptors (Lipinski definition) is 3. The lowest BCUT2D eigenvalue weighted by Crippen LogP contribution is -2.38. The van der Waals surface area contributed by atoms with Crippen molar-refractivity contribution in [3.05, 3.63) is 23.7 Å². The first-order chi connectivity index (χ1) is 7.57. The Bertz CT molecular complexity index is 345. The summed E-state index contributed by atoms with van der Waals surface area (Å²) in [6, 6.07) is 1.89. The minimum absolute atomic E-state index is 0.0229. The van der Waals surface area contributed by atoms with Gasteiger partial charge in [0.1, 0.15) is 5.76 Å². The van der Waals surface area contributed by atoms with E-state index < -0.39 is 0 Å². The van der Waals surface area contributed by atoms with Gasteiger partial charge in [0.25, 0.3) is 5.91 Å². The normalized spacial score (nSPS) is 10.8. The Kier molecular flexibility index (Phi) is 4.55. The summed E-state index contributed by atoms with van der Waals surface area (Å²) in [6.45, 7) is 7.10. The van der Waals surface area contributed by atoms with Crippen LogP contribution in [0.15, 0.2) is 16.7 Å². The van der Waals surface area contributed by atoms with Gasteiger partial charge in [-0.2, -0.15) is 0 Å². The third-order valence-corrected chi connectivity index (χ3v) is 2.58. The lowest BCUT2D eigenvalue weighted by molar-refractivity contribution is 0.0703. The van der Waals surface area contributed by atoms with Crippen LogP contribution in [-0.4, -0.2) is 29.9 Å². The fourth-order valence-corrected chi connectivity index (χ4v) is 1.62. The predicted molar refractivity (Wildman–Crippen MR) is 63.3 cm³/mol. The molecule has 0 aliphatic heterocycles. The highest BCUT2D eigenvalue weighted by atomic mass is 16.3. The molecule has 90 valence electrons. The molecule has 0 spiro atoms. The molecule has 0 radical (unpaired) electrons. The Hall–Kier alpha value is -1.29. The topological polar surface area (TPSA) is 59.5 Å². The molecular formula is C12H20N2O2. The van der Waals surface area contributed by atoms with Crippen LogP contribution in [0.3, 0.4) is 0 Å². The minimum atomic E-state index is 0.0229. The Labute approximate surface area is 96.4 Å². The number of nitrogens with zero attached hydrogens (tertiary/aromatic N) is 1. The maximum atomic E-state index is 12.2. The molecular weight excluding hydrogens is 204 g/mol.